The molecule has 6 rings (SSSR count). The van der Waals surface area contributed by atoms with Crippen molar-refractivity contribution in [2.75, 3.05) is 24.5 Å². The molecule has 1 aliphatic heterocycles. The van der Waals surface area contributed by atoms with Crippen LogP contribution in [-0.2, 0) is 11.4 Å². The summed E-state index contributed by atoms with van der Waals surface area (Å²) in [7, 11) is 0. The van der Waals surface area contributed by atoms with E-state index in [1.165, 1.54) is 35.1 Å². The number of anilines is 1. The van der Waals surface area contributed by atoms with Gasteiger partial charge in [-0.2, -0.15) is 4.98 Å². The first kappa shape index (κ1) is 29.2. The topological polar surface area (TPSA) is 105 Å². The molecule has 1 aliphatic rings. The number of para-hydroxylation sites is 1. The summed E-state index contributed by atoms with van der Waals surface area (Å²) >= 11 is 0. The van der Waals surface area contributed by atoms with Crippen LogP contribution in [0.4, 0.5) is 14.6 Å². The summed E-state index contributed by atoms with van der Waals surface area (Å²) in [5.74, 6) is -1.65. The molecule has 0 saturated carbocycles. The van der Waals surface area contributed by atoms with E-state index in [9.17, 15) is 14.7 Å². The number of rotatable bonds is 6. The Morgan fingerprint density at radius 3 is 2.66 bits per heavy atom. The van der Waals surface area contributed by atoms with Crippen molar-refractivity contribution in [3.8, 4) is 16.9 Å². The van der Waals surface area contributed by atoms with E-state index in [0.29, 0.717) is 36.3 Å². The molecule has 1 fully saturated rings. The lowest BCUT2D eigenvalue weighted by Gasteiger charge is -2.40. The molecule has 0 aliphatic carbocycles. The summed E-state index contributed by atoms with van der Waals surface area (Å²) in [4.78, 5) is 39.0. The number of aliphatic hydroxyl groups is 1. The average Bonchev–Trinajstić information content (AvgIpc) is 3.49. The maximum Gasteiger partial charge on any atom is 0.355 e. The number of carbonyl (C=O) groups excluding carboxylic acids is 1. The number of aliphatic hydroxyl groups excluding tert-OH is 1. The van der Waals surface area contributed by atoms with Gasteiger partial charge in [-0.1, -0.05) is 38.6 Å². The lowest BCUT2D eigenvalue weighted by Crippen LogP contribution is -2.54. The third kappa shape index (κ3) is 4.73. The molecule has 226 valence electrons. The molecule has 0 radical (unpaired) electrons. The number of carbonyl (C=O) groups is 1. The molecule has 5 aromatic rings. The van der Waals surface area contributed by atoms with Gasteiger partial charge in [0.25, 0.3) is 0 Å². The summed E-state index contributed by atoms with van der Waals surface area (Å²) in [6, 6.07) is 10.6. The van der Waals surface area contributed by atoms with Crippen LogP contribution < -0.4 is 10.6 Å². The summed E-state index contributed by atoms with van der Waals surface area (Å²) in [5.41, 5.74) is 0.534. The maximum absolute atomic E-state index is 16.2. The number of pyridine rings is 1. The fourth-order valence-electron chi connectivity index (χ4n) is 6.01. The Morgan fingerprint density at radius 1 is 1.16 bits per heavy atom. The molecule has 9 nitrogen and oxygen atoms in total. The predicted molar refractivity (Wildman–Crippen MR) is 164 cm³/mol. The number of hydrogen-bond donors (Lipinski definition) is 1. The van der Waals surface area contributed by atoms with E-state index in [2.05, 4.69) is 16.5 Å². The van der Waals surface area contributed by atoms with Gasteiger partial charge in [0.2, 0.25) is 5.91 Å². The van der Waals surface area contributed by atoms with E-state index in [1.807, 2.05) is 31.7 Å². The third-order valence-corrected chi connectivity index (χ3v) is 8.16. The highest BCUT2D eigenvalue weighted by molar-refractivity contribution is 5.95. The van der Waals surface area contributed by atoms with Crippen LogP contribution in [-0.4, -0.2) is 56.1 Å². The zero-order valence-electron chi connectivity index (χ0n) is 24.6. The Balaban J connectivity index is 1.68. The molecule has 1 atom stereocenters. The van der Waals surface area contributed by atoms with Crippen LogP contribution in [0.15, 0.2) is 70.6 Å². The fourth-order valence-corrected chi connectivity index (χ4v) is 6.01. The van der Waals surface area contributed by atoms with Gasteiger partial charge in [-0.15, -0.1) is 0 Å². The van der Waals surface area contributed by atoms with E-state index < -0.39 is 17.3 Å². The molecular weight excluding hydrogens is 568 g/mol. The van der Waals surface area contributed by atoms with Crippen LogP contribution in [0.1, 0.15) is 37.8 Å². The monoisotopic (exact) mass is 599 g/mol. The van der Waals surface area contributed by atoms with Crippen molar-refractivity contribution in [2.24, 2.45) is 0 Å². The van der Waals surface area contributed by atoms with Crippen LogP contribution >= 0.6 is 0 Å². The van der Waals surface area contributed by atoms with Gasteiger partial charge in [0, 0.05) is 36.6 Å². The number of amides is 1. The zero-order valence-corrected chi connectivity index (χ0v) is 24.6. The molecule has 4 heterocycles. The summed E-state index contributed by atoms with van der Waals surface area (Å²) < 4.78 is 38.3. The Labute approximate surface area is 251 Å². The number of furan rings is 1. The Kier molecular flexibility index (Phi) is 7.50. The quantitative estimate of drug-likeness (QED) is 0.264. The number of halogens is 2. The Morgan fingerprint density at radius 2 is 1.95 bits per heavy atom. The molecule has 0 spiro atoms. The second kappa shape index (κ2) is 11.3. The highest BCUT2D eigenvalue weighted by atomic mass is 19.1. The van der Waals surface area contributed by atoms with E-state index >= 15 is 8.78 Å². The van der Waals surface area contributed by atoms with Gasteiger partial charge in [0.15, 0.2) is 11.5 Å². The minimum atomic E-state index is -0.832. The fraction of sp³-hybridized carbons (Fsp3) is 0.273. The van der Waals surface area contributed by atoms with Crippen LogP contribution in [0.2, 0.25) is 0 Å². The first-order chi connectivity index (χ1) is 21.1. The zero-order chi connectivity index (χ0) is 31.3. The van der Waals surface area contributed by atoms with Crippen molar-refractivity contribution in [1.82, 2.24) is 19.4 Å². The van der Waals surface area contributed by atoms with E-state index in [1.54, 1.807) is 23.1 Å². The number of aromatic nitrogens is 3. The summed E-state index contributed by atoms with van der Waals surface area (Å²) in [5, 5.41) is 11.1. The normalized spacial score (nSPS) is 15.5. The number of benzene rings is 2. The van der Waals surface area contributed by atoms with Crippen LogP contribution in [0.3, 0.4) is 0 Å². The number of hydrogen-bond acceptors (Lipinski definition) is 7. The van der Waals surface area contributed by atoms with Crippen LogP contribution in [0.5, 0.6) is 0 Å². The van der Waals surface area contributed by atoms with Crippen molar-refractivity contribution >= 4 is 33.7 Å². The Hall–Kier alpha value is -4.90. The van der Waals surface area contributed by atoms with Gasteiger partial charge in [-0.3, -0.25) is 4.79 Å². The van der Waals surface area contributed by atoms with Crippen molar-refractivity contribution in [3.05, 3.63) is 94.6 Å². The molecule has 1 N–H and O–H groups in total. The predicted octanol–water partition coefficient (Wildman–Crippen LogP) is 5.31. The van der Waals surface area contributed by atoms with Crippen LogP contribution in [0, 0.1) is 11.6 Å². The van der Waals surface area contributed by atoms with Gasteiger partial charge in [-0.05, 0) is 48.7 Å². The van der Waals surface area contributed by atoms with Crippen LogP contribution in [0.25, 0.3) is 38.9 Å². The van der Waals surface area contributed by atoms with E-state index in [4.69, 9.17) is 4.42 Å². The highest BCUT2D eigenvalue weighted by Gasteiger charge is 2.31. The highest BCUT2D eigenvalue weighted by Crippen LogP contribution is 2.37. The van der Waals surface area contributed by atoms with Gasteiger partial charge in [0.05, 0.1) is 29.5 Å². The molecule has 11 heteroatoms. The number of fused-ring (bicyclic) bond motifs is 2. The summed E-state index contributed by atoms with van der Waals surface area (Å²) in [6.45, 7) is 9.96. The molecule has 3 aromatic heterocycles. The second-order valence-corrected chi connectivity index (χ2v) is 11.2. The molecule has 1 saturated heterocycles. The SMILES string of the molecule is C=CC(=O)N1CCN(c2nc(=O)n(-c3c(CO)cccc3C(C)C)c3nc(-c4c(F)ccc5ccoc45)c(F)cc23)[C@@H](C)C1. The Bertz CT molecular complexity index is 2000. The van der Waals surface area contributed by atoms with Crippen molar-refractivity contribution in [3.63, 3.8) is 0 Å². The largest absolute Gasteiger partial charge is 0.464 e. The minimum Gasteiger partial charge on any atom is -0.464 e. The molecule has 44 heavy (non-hydrogen) atoms. The van der Waals surface area contributed by atoms with Gasteiger partial charge in [0.1, 0.15) is 22.9 Å². The van der Waals surface area contributed by atoms with Crippen molar-refractivity contribution in [2.45, 2.75) is 39.3 Å². The lowest BCUT2D eigenvalue weighted by molar-refractivity contribution is -0.126. The molecule has 0 unspecified atom stereocenters. The van der Waals surface area contributed by atoms with E-state index in [-0.39, 0.29) is 58.2 Å². The minimum absolute atomic E-state index is 0.0407. The first-order valence-electron chi connectivity index (χ1n) is 14.3. The van der Waals surface area contributed by atoms with Crippen molar-refractivity contribution in [1.29, 1.82) is 0 Å². The smallest absolute Gasteiger partial charge is 0.355 e. The average molecular weight is 600 g/mol. The number of piperazine rings is 1. The number of nitrogens with zero attached hydrogens (tertiary/aromatic N) is 5. The first-order valence-corrected chi connectivity index (χ1v) is 14.3. The molecule has 2 aromatic carbocycles. The van der Waals surface area contributed by atoms with E-state index in [0.717, 1.165) is 5.56 Å². The lowest BCUT2D eigenvalue weighted by atomic mass is 9.97. The maximum atomic E-state index is 16.2. The summed E-state index contributed by atoms with van der Waals surface area (Å²) in [6.07, 6.45) is 2.64. The second-order valence-electron chi connectivity index (χ2n) is 11.2. The third-order valence-electron chi connectivity index (χ3n) is 8.16. The van der Waals surface area contributed by atoms with Crippen molar-refractivity contribution < 1.29 is 23.1 Å². The van der Waals surface area contributed by atoms with Gasteiger partial charge in [-0.25, -0.2) is 23.1 Å². The standard InChI is InChI=1S/C33H31F2N5O4/c1-5-26(42)38-12-13-39(19(4)16-38)31-23-15-25(35)28(27-24(34)10-9-20-11-14-44-30(20)27)36-32(23)40(33(43)37-31)29-21(17-41)7-6-8-22(29)18(2)3/h5-11,14-15,18-19,41H,1,12-13,16-17H2,2-4H3/t19-/m0/s1. The van der Waals surface area contributed by atoms with Gasteiger partial charge >= 0.3 is 5.69 Å². The molecular formula is C33H31F2N5O4. The van der Waals surface area contributed by atoms with Gasteiger partial charge < -0.3 is 19.3 Å². The molecule has 0 bridgehead atoms. The molecule has 1 amide bonds.